The maximum atomic E-state index is 13.7. The number of carboxylic acid groups (broad SMARTS) is 4. The second-order valence-corrected chi connectivity index (χ2v) is 21.3. The van der Waals surface area contributed by atoms with E-state index < -0.39 is 65.2 Å². The van der Waals surface area contributed by atoms with Crippen LogP contribution in [-0.4, -0.2) is 206 Å². The third kappa shape index (κ3) is 24.4. The van der Waals surface area contributed by atoms with Gasteiger partial charge in [-0.05, 0) is 60.4 Å². The lowest BCUT2D eigenvalue weighted by Gasteiger charge is -2.33. The van der Waals surface area contributed by atoms with Crippen LogP contribution in [0.5, 0.6) is 0 Å². The fraction of sp³-hybridized carbons (Fsp3) is 0.448. The van der Waals surface area contributed by atoms with E-state index >= 15 is 0 Å². The van der Waals surface area contributed by atoms with Gasteiger partial charge in [0.1, 0.15) is 6.04 Å². The van der Waals surface area contributed by atoms with Crippen LogP contribution in [0.2, 0.25) is 0 Å². The Bertz CT molecular complexity index is 2640. The van der Waals surface area contributed by atoms with Crippen LogP contribution >= 0.6 is 11.8 Å². The Morgan fingerprint density at radius 3 is 1.70 bits per heavy atom. The van der Waals surface area contributed by atoms with Crippen molar-refractivity contribution in [2.75, 3.05) is 90.8 Å². The molecule has 2 heterocycles. The van der Waals surface area contributed by atoms with E-state index in [4.69, 9.17) is 5.73 Å². The van der Waals surface area contributed by atoms with E-state index in [0.29, 0.717) is 75.7 Å². The Morgan fingerprint density at radius 2 is 1.16 bits per heavy atom. The molecule has 3 atom stereocenters. The number of Topliss-reactive ketones (excluding diaryl/α,β-unsaturated/α-hetero) is 1. The molecule has 436 valence electrons. The molecule has 3 aromatic rings. The standard InChI is InChI=1S/C58H75N9O13S/c59-50(61-46-17-9-4-2-1-3-5-10-18-46)19-13-33-81-49-36-51(69)67(57(49)78)24-12-11-16-45(58(79)80)35-47(68)37-60-56(77)48(34-42-14-7-6-8-15-42)62-55(76)44-22-20-43(21-23-44)38-63-25-27-64(39-52(70)71)29-31-66(41-54(74)75)32-30-65(28-26-63)40-53(72)73/h1-10,14-15,17-18,20-23,45,48-49H,11-13,16,19,24-41H2,(H2,59,61)(H,60,77)(H,62,76)(H,70,71)(H,72,73)(H,74,75)(H,79,80). The van der Waals surface area contributed by atoms with Crippen LogP contribution in [0, 0.1) is 5.92 Å². The highest BCUT2D eigenvalue weighted by molar-refractivity contribution is 8.00. The summed E-state index contributed by atoms with van der Waals surface area (Å²) in [6.45, 7) is 1.81. The van der Waals surface area contributed by atoms with E-state index in [-0.39, 0.29) is 95.4 Å². The number of ketones is 1. The summed E-state index contributed by atoms with van der Waals surface area (Å²) in [4.78, 5) is 127. The summed E-state index contributed by atoms with van der Waals surface area (Å²) in [5, 5.41) is 43.5. The van der Waals surface area contributed by atoms with Gasteiger partial charge in [0.05, 0.1) is 48.9 Å². The number of amides is 4. The number of thioether (sulfide) groups is 1. The van der Waals surface area contributed by atoms with Gasteiger partial charge in [-0.1, -0.05) is 91.3 Å². The van der Waals surface area contributed by atoms with Gasteiger partial charge in [0.15, 0.2) is 5.78 Å². The molecule has 0 bridgehead atoms. The quantitative estimate of drug-likeness (QED) is 0.0227. The number of aliphatic carboxylic acids is 4. The van der Waals surface area contributed by atoms with Gasteiger partial charge in [-0.2, -0.15) is 0 Å². The molecule has 2 saturated heterocycles. The Morgan fingerprint density at radius 1 is 0.642 bits per heavy atom. The molecule has 81 heavy (non-hydrogen) atoms. The second kappa shape index (κ2) is 34.5. The van der Waals surface area contributed by atoms with Gasteiger partial charge in [-0.3, -0.25) is 67.7 Å². The van der Waals surface area contributed by atoms with Gasteiger partial charge < -0.3 is 36.8 Å². The number of rotatable bonds is 29. The van der Waals surface area contributed by atoms with Gasteiger partial charge in [0, 0.05) is 96.7 Å². The molecule has 0 aromatic heterocycles. The van der Waals surface area contributed by atoms with Gasteiger partial charge in [0.25, 0.3) is 5.91 Å². The molecule has 2 fully saturated rings. The lowest BCUT2D eigenvalue weighted by Crippen LogP contribution is -2.49. The zero-order chi connectivity index (χ0) is 58.5. The first kappa shape index (κ1) is 64.3. The number of benzene rings is 2. The number of unbranched alkanes of at least 4 members (excludes halogenated alkanes) is 1. The van der Waals surface area contributed by atoms with Crippen LogP contribution in [0.4, 0.5) is 5.69 Å². The summed E-state index contributed by atoms with van der Waals surface area (Å²) in [5.41, 5.74) is 8.64. The highest BCUT2D eigenvalue weighted by Gasteiger charge is 2.38. The van der Waals surface area contributed by atoms with E-state index in [1.807, 2.05) is 54.6 Å². The first-order valence-electron chi connectivity index (χ1n) is 27.1. The zero-order valence-corrected chi connectivity index (χ0v) is 46.3. The smallest absolute Gasteiger partial charge is 0.317 e. The van der Waals surface area contributed by atoms with Crippen molar-refractivity contribution in [3.63, 3.8) is 0 Å². The third-order valence-electron chi connectivity index (χ3n) is 13.6. The fourth-order valence-electron chi connectivity index (χ4n) is 9.21. The van der Waals surface area contributed by atoms with Crippen molar-refractivity contribution >= 4 is 76.6 Å². The number of nitrogens with two attached hydrogens (primary N) is 1. The van der Waals surface area contributed by atoms with Crippen LogP contribution in [0.1, 0.15) is 66.4 Å². The number of likely N-dealkylation sites (tertiary alicyclic amines) is 1. The number of carbonyl (C=O) groups excluding carboxylic acids is 5. The number of hydrogen-bond acceptors (Lipinski definition) is 15. The summed E-state index contributed by atoms with van der Waals surface area (Å²) in [7, 11) is 0. The Balaban J connectivity index is 1.10. The van der Waals surface area contributed by atoms with Crippen LogP contribution in [-0.2, 0) is 51.3 Å². The molecule has 0 spiro atoms. The maximum absolute atomic E-state index is 13.7. The topological polar surface area (TPSA) is 313 Å². The molecule has 0 radical (unpaired) electrons. The fourth-order valence-corrected chi connectivity index (χ4v) is 10.3. The number of nitrogens with zero attached hydrogens (tertiary/aromatic N) is 6. The van der Waals surface area contributed by atoms with E-state index in [2.05, 4.69) is 20.5 Å². The van der Waals surface area contributed by atoms with E-state index in [1.54, 1.807) is 69.3 Å². The molecule has 2 aliphatic rings. The molecular weight excluding hydrogens is 1060 g/mol. The number of carbonyl (C=O) groups is 9. The van der Waals surface area contributed by atoms with Crippen molar-refractivity contribution in [2.45, 2.75) is 69.2 Å². The van der Waals surface area contributed by atoms with Gasteiger partial charge >= 0.3 is 23.9 Å². The molecule has 3 aromatic carbocycles. The minimum atomic E-state index is -1.20. The minimum absolute atomic E-state index is 0.0713. The maximum Gasteiger partial charge on any atom is 0.317 e. The normalized spacial score (nSPS) is 17.0. The summed E-state index contributed by atoms with van der Waals surface area (Å²) in [6, 6.07) is 31.4. The van der Waals surface area contributed by atoms with Crippen LogP contribution in [0.25, 0.3) is 0 Å². The third-order valence-corrected chi connectivity index (χ3v) is 14.9. The molecule has 2 aliphatic heterocycles. The van der Waals surface area contributed by atoms with Gasteiger partial charge in [0.2, 0.25) is 17.7 Å². The molecule has 4 amide bonds. The highest BCUT2D eigenvalue weighted by atomic mass is 32.2. The van der Waals surface area contributed by atoms with Crippen LogP contribution < -0.4 is 16.4 Å². The predicted molar refractivity (Wildman–Crippen MR) is 305 cm³/mol. The summed E-state index contributed by atoms with van der Waals surface area (Å²) < 4.78 is 0. The first-order valence-corrected chi connectivity index (χ1v) is 28.1. The van der Waals surface area contributed by atoms with Crippen molar-refractivity contribution in [3.8, 4) is 0 Å². The number of nitrogens with one attached hydrogen (secondary N) is 2. The molecule has 8 N–H and O–H groups in total. The number of carboxylic acids is 4. The van der Waals surface area contributed by atoms with E-state index in [1.165, 1.54) is 16.7 Å². The highest BCUT2D eigenvalue weighted by Crippen LogP contribution is 2.27. The van der Waals surface area contributed by atoms with Crippen molar-refractivity contribution in [1.29, 1.82) is 0 Å². The molecule has 22 nitrogen and oxygen atoms in total. The predicted octanol–water partition coefficient (Wildman–Crippen LogP) is 3.40. The van der Waals surface area contributed by atoms with Crippen molar-refractivity contribution in [1.82, 2.24) is 35.1 Å². The van der Waals surface area contributed by atoms with Gasteiger partial charge in [-0.25, -0.2) is 4.99 Å². The van der Waals surface area contributed by atoms with Gasteiger partial charge in [-0.15, -0.1) is 11.8 Å². The van der Waals surface area contributed by atoms with Crippen molar-refractivity contribution in [3.05, 3.63) is 126 Å². The van der Waals surface area contributed by atoms with Crippen molar-refractivity contribution in [2.24, 2.45) is 16.6 Å². The van der Waals surface area contributed by atoms with Crippen molar-refractivity contribution < 1.29 is 63.6 Å². The molecule has 3 unspecified atom stereocenters. The second-order valence-electron chi connectivity index (χ2n) is 19.9. The Hall–Kier alpha value is -7.57. The largest absolute Gasteiger partial charge is 0.481 e. The van der Waals surface area contributed by atoms with Crippen LogP contribution in [0.3, 0.4) is 0 Å². The molecule has 0 aliphatic carbocycles. The molecule has 0 saturated carbocycles. The zero-order valence-electron chi connectivity index (χ0n) is 45.5. The number of hydrogen-bond donors (Lipinski definition) is 7. The monoisotopic (exact) mass is 1140 g/mol. The van der Waals surface area contributed by atoms with Crippen LogP contribution in [0.15, 0.2) is 114 Å². The van der Waals surface area contributed by atoms with E-state index in [9.17, 15) is 63.6 Å². The number of amidine groups is 1. The molecule has 23 heteroatoms. The Kier molecular flexibility index (Phi) is 27.4. The summed E-state index contributed by atoms with van der Waals surface area (Å²) in [6.07, 6.45) is 1.69. The average Bonchev–Trinajstić information content (AvgIpc) is 3.69. The molecular formula is C58H75N9O13S. The lowest BCUT2D eigenvalue weighted by molar-refractivity contribution is -0.144. The first-order chi connectivity index (χ1) is 38.9. The Labute approximate surface area is 476 Å². The number of aliphatic imine (C=N–C) groups is 1. The van der Waals surface area contributed by atoms with E-state index in [0.717, 1.165) is 11.1 Å². The lowest BCUT2D eigenvalue weighted by atomic mass is 9.96. The molecule has 5 rings (SSSR count). The summed E-state index contributed by atoms with van der Waals surface area (Å²) >= 11 is 1.39. The SMILES string of the molecule is NC(CCCSC1CC(=O)N(CCCCC(CC(=O)CNC(=O)C(Cc2ccccc2)NC(=O)c2ccc(CN3CCN(CC(=O)O)CCN(CC(=O)O)CCN(CC(=O)O)CC3)cc2)C(=O)O)C1=O)=Nc1ccccccccc1. The minimum Gasteiger partial charge on any atom is -0.481 e. The number of imide groups is 1. The average molecular weight is 1140 g/mol. The summed E-state index contributed by atoms with van der Waals surface area (Å²) in [5.74, 6) is -6.68.